The van der Waals surface area contributed by atoms with Crippen LogP contribution in [0.4, 0.5) is 5.82 Å². The van der Waals surface area contributed by atoms with E-state index in [1.54, 1.807) is 23.2 Å². The number of aromatic nitrogens is 2. The van der Waals surface area contributed by atoms with Gasteiger partial charge in [0.1, 0.15) is 11.5 Å². The summed E-state index contributed by atoms with van der Waals surface area (Å²) in [6, 6.07) is 14.3. The smallest absolute Gasteiger partial charge is 0.255 e. The fourth-order valence-electron chi connectivity index (χ4n) is 4.81. The Balaban J connectivity index is 1.40. The lowest BCUT2D eigenvalue weighted by atomic mass is 10.2. The maximum atomic E-state index is 13.3. The first-order valence-electron chi connectivity index (χ1n) is 12.3. The maximum Gasteiger partial charge on any atom is 0.255 e. The second-order valence-electron chi connectivity index (χ2n) is 9.08. The summed E-state index contributed by atoms with van der Waals surface area (Å²) in [5, 5.41) is 1.25. The predicted octanol–water partition coefficient (Wildman–Crippen LogP) is 3.86. The molecular weight excluding hydrogens is 494 g/mol. The van der Waals surface area contributed by atoms with Gasteiger partial charge in [0.2, 0.25) is 10.0 Å². The Morgan fingerprint density at radius 2 is 1.83 bits per heavy atom. The molecule has 1 saturated heterocycles. The number of sulfonamides is 1. The lowest BCUT2D eigenvalue weighted by molar-refractivity contribution is 0.0697. The first-order valence-corrected chi connectivity index (χ1v) is 14.7. The topological polar surface area (TPSA) is 78.2 Å². The van der Waals surface area contributed by atoms with Crippen molar-refractivity contribution >= 4 is 48.8 Å². The van der Waals surface area contributed by atoms with Crippen LogP contribution in [-0.4, -0.2) is 71.9 Å². The molecule has 3 aromatic heterocycles. The number of thiophene rings is 1. The molecule has 0 radical (unpaired) electrons. The molecule has 190 valence electrons. The molecule has 1 aliphatic heterocycles. The van der Waals surface area contributed by atoms with Gasteiger partial charge in [0.15, 0.2) is 0 Å². The second kappa shape index (κ2) is 9.84. The molecule has 1 amide bonds. The quantitative estimate of drug-likeness (QED) is 0.366. The number of benzene rings is 1. The lowest BCUT2D eigenvalue weighted by Crippen LogP contribution is -2.50. The number of pyridine rings is 1. The number of amides is 1. The van der Waals surface area contributed by atoms with Gasteiger partial charge >= 0.3 is 0 Å². The Bertz CT molecular complexity index is 1480. The third-order valence-corrected chi connectivity index (χ3v) is 9.74. The van der Waals surface area contributed by atoms with E-state index in [1.807, 2.05) is 22.7 Å². The fraction of sp³-hybridized carbons (Fsp3) is 0.385. The van der Waals surface area contributed by atoms with E-state index in [0.717, 1.165) is 30.1 Å². The number of hydrogen-bond donors (Lipinski definition) is 0. The normalized spacial score (nSPS) is 15.1. The zero-order chi connectivity index (χ0) is 25.4. The molecule has 0 atom stereocenters. The van der Waals surface area contributed by atoms with Crippen molar-refractivity contribution in [3.05, 3.63) is 64.8 Å². The van der Waals surface area contributed by atoms with Crippen molar-refractivity contribution in [1.29, 1.82) is 0 Å². The van der Waals surface area contributed by atoms with Crippen LogP contribution >= 0.6 is 11.3 Å². The monoisotopic (exact) mass is 525 g/mol. The van der Waals surface area contributed by atoms with E-state index in [4.69, 9.17) is 4.98 Å². The SMILES string of the molecule is CCc1nc2ccc(C(=O)N3CCN(S(=O)(=O)CC)CC3)cn2c1N(C)Cc1cc2ccccc2s1. The van der Waals surface area contributed by atoms with Gasteiger partial charge in [-0.3, -0.25) is 9.20 Å². The summed E-state index contributed by atoms with van der Waals surface area (Å²) < 4.78 is 29.1. The molecule has 4 aromatic rings. The lowest BCUT2D eigenvalue weighted by Gasteiger charge is -2.33. The molecule has 5 rings (SSSR count). The summed E-state index contributed by atoms with van der Waals surface area (Å²) in [6.45, 7) is 5.92. The van der Waals surface area contributed by atoms with E-state index in [1.165, 1.54) is 19.3 Å². The summed E-state index contributed by atoms with van der Waals surface area (Å²) in [6.07, 6.45) is 2.65. The molecule has 0 N–H and O–H groups in total. The highest BCUT2D eigenvalue weighted by atomic mass is 32.2. The van der Waals surface area contributed by atoms with Gasteiger partial charge in [-0.15, -0.1) is 11.3 Å². The Labute approximate surface area is 215 Å². The molecular formula is C26H31N5O3S2. The molecule has 10 heteroatoms. The van der Waals surface area contributed by atoms with Crippen molar-refractivity contribution in [3.63, 3.8) is 0 Å². The molecule has 8 nitrogen and oxygen atoms in total. The number of imidazole rings is 1. The van der Waals surface area contributed by atoms with Crippen molar-refractivity contribution in [1.82, 2.24) is 18.6 Å². The van der Waals surface area contributed by atoms with Crippen LogP contribution in [0.15, 0.2) is 48.7 Å². The highest BCUT2D eigenvalue weighted by molar-refractivity contribution is 7.89. The molecule has 0 saturated carbocycles. The summed E-state index contributed by atoms with van der Waals surface area (Å²) in [7, 11) is -1.17. The number of carbonyl (C=O) groups is 1. The summed E-state index contributed by atoms with van der Waals surface area (Å²) >= 11 is 1.79. The third-order valence-electron chi connectivity index (χ3n) is 6.76. The second-order valence-corrected chi connectivity index (χ2v) is 12.5. The van der Waals surface area contributed by atoms with E-state index in [0.29, 0.717) is 31.7 Å². The first kappa shape index (κ1) is 24.7. The highest BCUT2D eigenvalue weighted by Gasteiger charge is 2.28. The third kappa shape index (κ3) is 4.60. The van der Waals surface area contributed by atoms with E-state index >= 15 is 0 Å². The Morgan fingerprint density at radius 1 is 1.08 bits per heavy atom. The Morgan fingerprint density at radius 3 is 2.53 bits per heavy atom. The minimum Gasteiger partial charge on any atom is -0.354 e. The van der Waals surface area contributed by atoms with Gasteiger partial charge < -0.3 is 9.80 Å². The largest absolute Gasteiger partial charge is 0.354 e. The molecule has 0 bridgehead atoms. The standard InChI is InChI=1S/C26H31N5O3S2/c1-4-22-25(28(3)18-21-16-19-8-6-7-9-23(19)35-21)31-17-20(10-11-24(31)27-22)26(32)29-12-14-30(15-13-29)36(33,34)5-2/h6-11,16-17H,4-5,12-15,18H2,1-3H3. The average Bonchev–Trinajstić information content (AvgIpc) is 3.48. The molecule has 1 aliphatic rings. The van der Waals surface area contributed by atoms with Crippen LogP contribution in [0.5, 0.6) is 0 Å². The zero-order valence-corrected chi connectivity index (χ0v) is 22.5. The molecule has 36 heavy (non-hydrogen) atoms. The maximum absolute atomic E-state index is 13.3. The molecule has 0 unspecified atom stereocenters. The number of fused-ring (bicyclic) bond motifs is 2. The summed E-state index contributed by atoms with van der Waals surface area (Å²) in [5.41, 5.74) is 2.37. The molecule has 4 heterocycles. The van der Waals surface area contributed by atoms with E-state index < -0.39 is 10.0 Å². The van der Waals surface area contributed by atoms with Crippen molar-refractivity contribution in [3.8, 4) is 0 Å². The highest BCUT2D eigenvalue weighted by Crippen LogP contribution is 2.29. The fourth-order valence-corrected chi connectivity index (χ4v) is 7.01. The van der Waals surface area contributed by atoms with Gasteiger partial charge in [-0.1, -0.05) is 25.1 Å². The van der Waals surface area contributed by atoms with Crippen LogP contribution < -0.4 is 4.90 Å². The first-order chi connectivity index (χ1) is 17.3. The van der Waals surface area contributed by atoms with Gasteiger partial charge in [-0.2, -0.15) is 4.31 Å². The van der Waals surface area contributed by atoms with E-state index in [2.05, 4.69) is 49.2 Å². The number of aryl methyl sites for hydroxylation is 1. The number of anilines is 1. The van der Waals surface area contributed by atoms with Gasteiger partial charge in [0, 0.05) is 49.0 Å². The number of nitrogens with zero attached hydrogens (tertiary/aromatic N) is 5. The van der Waals surface area contributed by atoms with Crippen LogP contribution in [-0.2, 0) is 23.0 Å². The van der Waals surface area contributed by atoms with Crippen LogP contribution in [0.1, 0.15) is 34.8 Å². The summed E-state index contributed by atoms with van der Waals surface area (Å²) in [4.78, 5) is 23.4. The molecule has 1 fully saturated rings. The van der Waals surface area contributed by atoms with Crippen LogP contribution in [0, 0.1) is 0 Å². The van der Waals surface area contributed by atoms with Crippen LogP contribution in [0.3, 0.4) is 0 Å². The van der Waals surface area contributed by atoms with Gasteiger partial charge in [-0.05, 0) is 43.0 Å². The minimum absolute atomic E-state index is 0.0792. The molecule has 0 spiro atoms. The van der Waals surface area contributed by atoms with E-state index in [9.17, 15) is 13.2 Å². The van der Waals surface area contributed by atoms with Crippen LogP contribution in [0.2, 0.25) is 0 Å². The number of hydrogen-bond acceptors (Lipinski definition) is 6. The average molecular weight is 526 g/mol. The number of rotatable bonds is 7. The Hall–Kier alpha value is -2.95. The number of piperazine rings is 1. The van der Waals surface area contributed by atoms with Gasteiger partial charge in [0.05, 0.1) is 23.6 Å². The van der Waals surface area contributed by atoms with E-state index in [-0.39, 0.29) is 11.7 Å². The van der Waals surface area contributed by atoms with Crippen molar-refractivity contribution in [2.45, 2.75) is 26.8 Å². The Kier molecular flexibility index (Phi) is 6.76. The van der Waals surface area contributed by atoms with Crippen LogP contribution in [0.25, 0.3) is 15.7 Å². The molecule has 1 aromatic carbocycles. The van der Waals surface area contributed by atoms with Gasteiger partial charge in [-0.25, -0.2) is 13.4 Å². The predicted molar refractivity (Wildman–Crippen MR) is 145 cm³/mol. The van der Waals surface area contributed by atoms with Crippen molar-refractivity contribution in [2.24, 2.45) is 0 Å². The molecule has 0 aliphatic carbocycles. The van der Waals surface area contributed by atoms with Crippen molar-refractivity contribution in [2.75, 3.05) is 43.9 Å². The zero-order valence-electron chi connectivity index (χ0n) is 20.8. The van der Waals surface area contributed by atoms with Gasteiger partial charge in [0.25, 0.3) is 5.91 Å². The summed E-state index contributed by atoms with van der Waals surface area (Å²) in [5.74, 6) is 0.976. The van der Waals surface area contributed by atoms with Crippen molar-refractivity contribution < 1.29 is 13.2 Å². The minimum atomic E-state index is -3.24. The number of carbonyl (C=O) groups excluding carboxylic acids is 1.